The number of hydrogen-bond acceptors (Lipinski definition) is 5. The topological polar surface area (TPSA) is 98.2 Å². The number of hydrazone groups is 1. The zero-order valence-electron chi connectivity index (χ0n) is 16.5. The summed E-state index contributed by atoms with van der Waals surface area (Å²) < 4.78 is 79.0. The Labute approximate surface area is 173 Å². The van der Waals surface area contributed by atoms with E-state index in [1.807, 2.05) is 13.8 Å². The molecule has 0 spiro atoms. The molecular weight excluding hydrogens is 430 g/mol. The molecule has 0 radical (unpaired) electrons. The van der Waals surface area contributed by atoms with Gasteiger partial charge in [0, 0.05) is 24.2 Å². The molecule has 2 aromatic rings. The van der Waals surface area contributed by atoms with Crippen molar-refractivity contribution < 1.29 is 31.1 Å². The van der Waals surface area contributed by atoms with Crippen molar-refractivity contribution >= 4 is 12.1 Å². The van der Waals surface area contributed by atoms with Crippen molar-refractivity contribution in [1.29, 1.82) is 0 Å². The Hall–Kier alpha value is -2.96. The van der Waals surface area contributed by atoms with E-state index in [0.29, 0.717) is 12.1 Å². The fraction of sp³-hybridized carbons (Fsp3) is 0.444. The van der Waals surface area contributed by atoms with E-state index in [9.17, 15) is 31.1 Å². The number of halogens is 6. The second kappa shape index (κ2) is 9.45. The summed E-state index contributed by atoms with van der Waals surface area (Å²) in [6.07, 6.45) is -7.58. The van der Waals surface area contributed by atoms with Crippen LogP contribution in [0, 0.1) is 5.92 Å². The summed E-state index contributed by atoms with van der Waals surface area (Å²) in [6.45, 7) is 3.74. The first-order chi connectivity index (χ1) is 14.3. The van der Waals surface area contributed by atoms with Gasteiger partial charge in [0.2, 0.25) is 5.91 Å². The van der Waals surface area contributed by atoms with Gasteiger partial charge >= 0.3 is 12.4 Å². The van der Waals surface area contributed by atoms with Crippen LogP contribution in [0.2, 0.25) is 0 Å². The minimum absolute atomic E-state index is 0.0182. The van der Waals surface area contributed by atoms with E-state index in [1.165, 1.54) is 6.21 Å². The molecule has 0 saturated heterocycles. The molecule has 0 aliphatic heterocycles. The van der Waals surface area contributed by atoms with Gasteiger partial charge in [0.15, 0.2) is 5.82 Å². The summed E-state index contributed by atoms with van der Waals surface area (Å²) in [7, 11) is 0. The van der Waals surface area contributed by atoms with Gasteiger partial charge in [0.1, 0.15) is 6.33 Å². The van der Waals surface area contributed by atoms with E-state index in [0.717, 1.165) is 11.0 Å². The average Bonchev–Trinajstić information content (AvgIpc) is 3.13. The molecular formula is C18H20F6N6O. The second-order valence-electron chi connectivity index (χ2n) is 7.01. The number of amides is 1. The number of alkyl halides is 6. The maximum Gasteiger partial charge on any atom is 0.416 e. The molecule has 0 bridgehead atoms. The van der Waals surface area contributed by atoms with Crippen LogP contribution in [0.25, 0.3) is 11.4 Å². The number of hydrogen-bond donors (Lipinski definition) is 2. The first-order valence-corrected chi connectivity index (χ1v) is 9.04. The molecule has 170 valence electrons. The SMILES string of the molecule is CC(C)C(N)/C=N\NC(=O)CCn1cnc(-c2cc(C(F)(F)F)cc(C(F)(F)F)c2)n1. The van der Waals surface area contributed by atoms with Crippen LogP contribution >= 0.6 is 0 Å². The van der Waals surface area contributed by atoms with Crippen LogP contribution in [0.3, 0.4) is 0 Å². The van der Waals surface area contributed by atoms with E-state index in [1.54, 1.807) is 0 Å². The molecule has 0 fully saturated rings. The van der Waals surface area contributed by atoms with Crippen LogP contribution in [0.1, 0.15) is 31.4 Å². The number of carbonyl (C=O) groups excluding carboxylic acids is 1. The molecule has 31 heavy (non-hydrogen) atoms. The largest absolute Gasteiger partial charge is 0.416 e. The van der Waals surface area contributed by atoms with Crippen LogP contribution in [-0.2, 0) is 23.7 Å². The number of carbonyl (C=O) groups is 1. The van der Waals surface area contributed by atoms with Crippen molar-refractivity contribution in [1.82, 2.24) is 20.2 Å². The number of benzene rings is 1. The summed E-state index contributed by atoms with van der Waals surface area (Å²) >= 11 is 0. The van der Waals surface area contributed by atoms with Crippen molar-refractivity contribution in [3.63, 3.8) is 0 Å². The van der Waals surface area contributed by atoms with Crippen molar-refractivity contribution in [2.45, 2.75) is 45.2 Å². The predicted octanol–water partition coefficient (Wildman–Crippen LogP) is 3.46. The Morgan fingerprint density at radius 1 is 1.16 bits per heavy atom. The first kappa shape index (κ1) is 24.3. The van der Waals surface area contributed by atoms with Gasteiger partial charge < -0.3 is 5.73 Å². The predicted molar refractivity (Wildman–Crippen MR) is 99.5 cm³/mol. The number of aromatic nitrogens is 3. The van der Waals surface area contributed by atoms with Crippen LogP contribution < -0.4 is 11.2 Å². The number of aryl methyl sites for hydroxylation is 1. The van der Waals surface area contributed by atoms with Crippen LogP contribution in [-0.4, -0.2) is 32.9 Å². The van der Waals surface area contributed by atoms with Crippen molar-refractivity contribution in [2.75, 3.05) is 0 Å². The standard InChI is InChI=1S/C18H20F6N6O/c1-10(2)14(25)8-27-28-15(31)3-4-30-9-26-16(29-30)11-5-12(17(19,20)21)7-13(6-11)18(22,23)24/h5-10,14H,3-4,25H2,1-2H3,(H,28,31)/b27-8-. The van der Waals surface area contributed by atoms with Gasteiger partial charge in [-0.15, -0.1) is 0 Å². The molecule has 7 nitrogen and oxygen atoms in total. The normalized spacial score (nSPS) is 13.7. The lowest BCUT2D eigenvalue weighted by Gasteiger charge is -2.13. The maximum atomic E-state index is 13.0. The molecule has 1 heterocycles. The Morgan fingerprint density at radius 2 is 1.74 bits per heavy atom. The minimum Gasteiger partial charge on any atom is -0.323 e. The lowest BCUT2D eigenvalue weighted by molar-refractivity contribution is -0.143. The van der Waals surface area contributed by atoms with Crippen LogP contribution in [0.5, 0.6) is 0 Å². The quantitative estimate of drug-likeness (QED) is 0.384. The van der Waals surface area contributed by atoms with Gasteiger partial charge in [-0.2, -0.15) is 36.5 Å². The Balaban J connectivity index is 2.11. The lowest BCUT2D eigenvalue weighted by Crippen LogP contribution is -2.29. The fourth-order valence-corrected chi connectivity index (χ4v) is 2.26. The highest BCUT2D eigenvalue weighted by atomic mass is 19.4. The molecule has 2 rings (SSSR count). The zero-order valence-corrected chi connectivity index (χ0v) is 16.5. The zero-order chi connectivity index (χ0) is 23.4. The Kier molecular flexibility index (Phi) is 7.41. The van der Waals surface area contributed by atoms with E-state index in [2.05, 4.69) is 20.6 Å². The molecule has 1 atom stereocenters. The molecule has 0 saturated carbocycles. The molecule has 1 aromatic carbocycles. The highest BCUT2D eigenvalue weighted by Gasteiger charge is 2.37. The highest BCUT2D eigenvalue weighted by Crippen LogP contribution is 2.38. The van der Waals surface area contributed by atoms with Crippen molar-refractivity contribution in [2.24, 2.45) is 16.8 Å². The van der Waals surface area contributed by atoms with Gasteiger partial charge in [0.05, 0.1) is 17.7 Å². The van der Waals surface area contributed by atoms with Crippen LogP contribution in [0.4, 0.5) is 26.3 Å². The fourth-order valence-electron chi connectivity index (χ4n) is 2.26. The summed E-state index contributed by atoms with van der Waals surface area (Å²) in [4.78, 5) is 15.5. The van der Waals surface area contributed by atoms with E-state index in [-0.39, 0.29) is 36.8 Å². The second-order valence-corrected chi connectivity index (χ2v) is 7.01. The molecule has 1 unspecified atom stereocenters. The average molecular weight is 450 g/mol. The molecule has 0 aliphatic rings. The molecule has 1 aromatic heterocycles. The van der Waals surface area contributed by atoms with Gasteiger partial charge in [-0.3, -0.25) is 9.48 Å². The third-order valence-electron chi connectivity index (χ3n) is 4.16. The highest BCUT2D eigenvalue weighted by molar-refractivity contribution is 5.77. The third kappa shape index (κ3) is 7.05. The monoisotopic (exact) mass is 450 g/mol. The summed E-state index contributed by atoms with van der Waals surface area (Å²) in [5.41, 5.74) is 4.62. The smallest absolute Gasteiger partial charge is 0.323 e. The van der Waals surface area contributed by atoms with Gasteiger partial charge in [-0.25, -0.2) is 10.4 Å². The summed E-state index contributed by atoms with van der Waals surface area (Å²) in [5, 5.41) is 7.58. The van der Waals surface area contributed by atoms with Gasteiger partial charge in [-0.05, 0) is 24.1 Å². The molecule has 0 aliphatic carbocycles. The first-order valence-electron chi connectivity index (χ1n) is 9.04. The number of rotatable bonds is 7. The Morgan fingerprint density at radius 3 is 2.26 bits per heavy atom. The summed E-state index contributed by atoms with van der Waals surface area (Å²) in [6, 6.07) is 0.756. The molecule has 13 heteroatoms. The van der Waals surface area contributed by atoms with E-state index >= 15 is 0 Å². The Bertz CT molecular complexity index is 902. The number of nitrogens with zero attached hydrogens (tertiary/aromatic N) is 4. The third-order valence-corrected chi connectivity index (χ3v) is 4.16. The lowest BCUT2D eigenvalue weighted by atomic mass is 10.0. The maximum absolute atomic E-state index is 13.0. The van der Waals surface area contributed by atoms with E-state index in [4.69, 9.17) is 5.73 Å². The van der Waals surface area contributed by atoms with Crippen molar-refractivity contribution in [3.05, 3.63) is 35.7 Å². The van der Waals surface area contributed by atoms with E-state index < -0.39 is 35.0 Å². The van der Waals surface area contributed by atoms with Gasteiger partial charge in [-0.1, -0.05) is 13.8 Å². The van der Waals surface area contributed by atoms with Crippen molar-refractivity contribution in [3.8, 4) is 11.4 Å². The number of nitrogens with two attached hydrogens (primary N) is 1. The van der Waals surface area contributed by atoms with Crippen LogP contribution in [0.15, 0.2) is 29.6 Å². The number of nitrogens with one attached hydrogen (secondary N) is 1. The molecule has 1 amide bonds. The summed E-state index contributed by atoms with van der Waals surface area (Å²) in [5.74, 6) is -0.691. The van der Waals surface area contributed by atoms with Gasteiger partial charge in [0.25, 0.3) is 0 Å². The molecule has 3 N–H and O–H groups in total. The minimum atomic E-state index is -4.98.